The Morgan fingerprint density at radius 3 is 2.63 bits per heavy atom. The van der Waals surface area contributed by atoms with Crippen molar-refractivity contribution >= 4 is 42.1 Å². The lowest BCUT2D eigenvalue weighted by atomic mass is 9.83. The molecule has 2 N–H and O–H groups in total. The Morgan fingerprint density at radius 2 is 1.97 bits per heavy atom. The van der Waals surface area contributed by atoms with E-state index in [2.05, 4.69) is 23.8 Å². The van der Waals surface area contributed by atoms with E-state index in [1.54, 1.807) is 0 Å². The molecule has 2 aromatic rings. The molecular weight excluding hydrogens is 445 g/mol. The highest BCUT2D eigenvalue weighted by atomic mass is 35.5. The minimum Gasteiger partial charge on any atom is -0.368 e. The molecule has 0 aromatic carbocycles. The number of likely N-dealkylation sites (tertiary alicyclic amines) is 1. The van der Waals surface area contributed by atoms with Gasteiger partial charge in [0.05, 0.1) is 18.3 Å². The van der Waals surface area contributed by atoms with Crippen molar-refractivity contribution in [3.8, 4) is 0 Å². The summed E-state index contributed by atoms with van der Waals surface area (Å²) in [7, 11) is 0. The van der Waals surface area contributed by atoms with Crippen molar-refractivity contribution in [1.82, 2.24) is 19.9 Å². The fraction of sp³-hybridized carbons (Fsp3) is 0.600. The van der Waals surface area contributed by atoms with Gasteiger partial charge < -0.3 is 15.4 Å². The Kier molecular flexibility index (Phi) is 8.21. The number of nitrogens with zero attached hydrogens (tertiary/aromatic N) is 4. The molecule has 1 fully saturated rings. The normalized spacial score (nSPS) is 18.4. The molecule has 2 aliphatic heterocycles. The van der Waals surface area contributed by atoms with Crippen LogP contribution in [0.25, 0.3) is 0 Å². The van der Waals surface area contributed by atoms with Gasteiger partial charge in [0.2, 0.25) is 0 Å². The standard InChI is InChI=1S/C20H27N5O2S.2ClH/c1-12(2)16(21)18-24-15(11-28-18)19(26)25-7-5-20(6-8-25)17-14(4-9-27-20)10-22-13(3)23-17;;/h10-12,16H,4-9,21H2,1-3H3;2*1H/t16-;;/m1../s1. The van der Waals surface area contributed by atoms with Gasteiger partial charge in [0, 0.05) is 24.7 Å². The Bertz CT molecular complexity index is 884. The molecule has 1 spiro atoms. The van der Waals surface area contributed by atoms with Gasteiger partial charge in [-0.2, -0.15) is 0 Å². The molecule has 4 heterocycles. The number of halogens is 2. The van der Waals surface area contributed by atoms with Gasteiger partial charge in [-0.15, -0.1) is 36.2 Å². The van der Waals surface area contributed by atoms with E-state index in [-0.39, 0.29) is 42.7 Å². The average molecular weight is 474 g/mol. The number of thiazole rings is 1. The fourth-order valence-electron chi connectivity index (χ4n) is 3.94. The molecule has 10 heteroatoms. The first-order valence-corrected chi connectivity index (χ1v) is 10.7. The Morgan fingerprint density at radius 1 is 1.27 bits per heavy atom. The van der Waals surface area contributed by atoms with Crippen molar-refractivity contribution in [2.24, 2.45) is 11.7 Å². The van der Waals surface area contributed by atoms with Crippen LogP contribution in [0, 0.1) is 12.8 Å². The summed E-state index contributed by atoms with van der Waals surface area (Å²) < 4.78 is 6.23. The summed E-state index contributed by atoms with van der Waals surface area (Å²) in [5.41, 5.74) is 8.45. The molecule has 0 bridgehead atoms. The number of hydrogen-bond donors (Lipinski definition) is 1. The van der Waals surface area contributed by atoms with Crippen LogP contribution < -0.4 is 5.73 Å². The zero-order valence-corrected chi connectivity index (χ0v) is 19.9. The summed E-state index contributed by atoms with van der Waals surface area (Å²) in [6.07, 6.45) is 4.25. The molecule has 1 atom stereocenters. The van der Waals surface area contributed by atoms with E-state index >= 15 is 0 Å². The van der Waals surface area contributed by atoms with E-state index in [0.717, 1.165) is 35.8 Å². The number of fused-ring (bicyclic) bond motifs is 2. The first kappa shape index (κ1) is 24.9. The second-order valence-corrected chi connectivity index (χ2v) is 8.91. The van der Waals surface area contributed by atoms with Crippen LogP contribution in [0.5, 0.6) is 0 Å². The molecular formula is C20H29Cl2N5O2S. The smallest absolute Gasteiger partial charge is 0.273 e. The first-order chi connectivity index (χ1) is 13.4. The van der Waals surface area contributed by atoms with E-state index < -0.39 is 5.60 Å². The van der Waals surface area contributed by atoms with Gasteiger partial charge in [0.25, 0.3) is 5.91 Å². The second-order valence-electron chi connectivity index (χ2n) is 8.02. The molecule has 0 aliphatic carbocycles. The number of amides is 1. The van der Waals surface area contributed by atoms with Crippen LogP contribution in [0.15, 0.2) is 11.6 Å². The topological polar surface area (TPSA) is 94.2 Å². The Balaban J connectivity index is 0.00000160. The van der Waals surface area contributed by atoms with E-state index in [0.29, 0.717) is 25.4 Å². The van der Waals surface area contributed by atoms with Crippen molar-refractivity contribution < 1.29 is 9.53 Å². The first-order valence-electron chi connectivity index (χ1n) is 9.87. The van der Waals surface area contributed by atoms with Gasteiger partial charge in [-0.1, -0.05) is 13.8 Å². The largest absolute Gasteiger partial charge is 0.368 e. The van der Waals surface area contributed by atoms with Gasteiger partial charge in [0.15, 0.2) is 0 Å². The lowest BCUT2D eigenvalue weighted by molar-refractivity contribution is -0.0969. The highest BCUT2D eigenvalue weighted by molar-refractivity contribution is 7.09. The maximum Gasteiger partial charge on any atom is 0.273 e. The van der Waals surface area contributed by atoms with Crippen molar-refractivity contribution in [3.05, 3.63) is 39.4 Å². The van der Waals surface area contributed by atoms with E-state index in [9.17, 15) is 4.79 Å². The zero-order chi connectivity index (χ0) is 19.9. The number of rotatable bonds is 3. The third-order valence-electron chi connectivity index (χ3n) is 5.77. The van der Waals surface area contributed by atoms with Gasteiger partial charge >= 0.3 is 0 Å². The molecule has 0 radical (unpaired) electrons. The Labute approximate surface area is 193 Å². The van der Waals surface area contributed by atoms with Gasteiger partial charge in [-0.3, -0.25) is 4.79 Å². The third-order valence-corrected chi connectivity index (χ3v) is 6.72. The lowest BCUT2D eigenvalue weighted by Gasteiger charge is -2.43. The van der Waals surface area contributed by atoms with E-state index in [4.69, 9.17) is 15.5 Å². The summed E-state index contributed by atoms with van der Waals surface area (Å²) >= 11 is 1.47. The van der Waals surface area contributed by atoms with Crippen molar-refractivity contribution in [3.63, 3.8) is 0 Å². The van der Waals surface area contributed by atoms with E-state index in [1.807, 2.05) is 23.4 Å². The number of carbonyl (C=O) groups excluding carboxylic acids is 1. The minimum absolute atomic E-state index is 0. The summed E-state index contributed by atoms with van der Waals surface area (Å²) in [5, 5.41) is 2.65. The maximum absolute atomic E-state index is 12.9. The zero-order valence-electron chi connectivity index (χ0n) is 17.5. The van der Waals surface area contributed by atoms with Crippen LogP contribution in [0.2, 0.25) is 0 Å². The van der Waals surface area contributed by atoms with Crippen molar-refractivity contribution in [1.29, 1.82) is 0 Å². The van der Waals surface area contributed by atoms with Crippen LogP contribution in [0.1, 0.15) is 65.3 Å². The molecule has 1 saturated heterocycles. The maximum atomic E-state index is 12.9. The minimum atomic E-state index is -0.398. The summed E-state index contributed by atoms with van der Waals surface area (Å²) in [4.78, 5) is 28.3. The van der Waals surface area contributed by atoms with Crippen LogP contribution in [0.4, 0.5) is 0 Å². The number of nitrogens with two attached hydrogens (primary N) is 1. The molecule has 166 valence electrons. The predicted molar refractivity (Wildman–Crippen MR) is 122 cm³/mol. The summed E-state index contributed by atoms with van der Waals surface area (Å²) in [6.45, 7) is 7.96. The number of hydrogen-bond acceptors (Lipinski definition) is 7. The quantitative estimate of drug-likeness (QED) is 0.733. The highest BCUT2D eigenvalue weighted by Crippen LogP contribution is 2.40. The second kappa shape index (κ2) is 9.87. The molecule has 7 nitrogen and oxygen atoms in total. The molecule has 1 amide bonds. The van der Waals surface area contributed by atoms with Crippen LogP contribution in [-0.2, 0) is 16.8 Å². The number of ether oxygens (including phenoxy) is 1. The Hall–Kier alpha value is -1.32. The lowest BCUT2D eigenvalue weighted by Crippen LogP contribution is -2.49. The third kappa shape index (κ3) is 4.62. The van der Waals surface area contributed by atoms with Crippen LogP contribution in [0.3, 0.4) is 0 Å². The van der Waals surface area contributed by atoms with Crippen LogP contribution >= 0.6 is 36.2 Å². The number of piperidine rings is 1. The summed E-state index contributed by atoms with van der Waals surface area (Å²) in [5.74, 6) is 1.03. The van der Waals surface area contributed by atoms with Crippen LogP contribution in [-0.4, -0.2) is 45.5 Å². The molecule has 0 unspecified atom stereocenters. The molecule has 30 heavy (non-hydrogen) atoms. The molecule has 4 rings (SSSR count). The van der Waals surface area contributed by atoms with Gasteiger partial charge in [0.1, 0.15) is 22.1 Å². The molecule has 0 saturated carbocycles. The van der Waals surface area contributed by atoms with E-state index in [1.165, 1.54) is 16.9 Å². The highest BCUT2D eigenvalue weighted by Gasteiger charge is 2.43. The van der Waals surface area contributed by atoms with Gasteiger partial charge in [-0.05, 0) is 37.7 Å². The fourth-order valence-corrected chi connectivity index (χ4v) is 4.90. The monoisotopic (exact) mass is 473 g/mol. The molecule has 2 aromatic heterocycles. The van der Waals surface area contributed by atoms with Crippen molar-refractivity contribution in [2.45, 2.75) is 51.7 Å². The average Bonchev–Trinajstić information content (AvgIpc) is 3.18. The number of aryl methyl sites for hydroxylation is 1. The number of carbonyl (C=O) groups is 1. The van der Waals surface area contributed by atoms with Crippen molar-refractivity contribution in [2.75, 3.05) is 19.7 Å². The summed E-state index contributed by atoms with van der Waals surface area (Å²) in [6, 6.07) is -0.133. The number of aromatic nitrogens is 3. The SMILES string of the molecule is Cc1ncc2c(n1)C1(CCN(C(=O)c3csc([C@H](N)C(C)C)n3)CC1)OCC2.Cl.Cl. The molecule has 2 aliphatic rings. The van der Waals surface area contributed by atoms with Gasteiger partial charge in [-0.25, -0.2) is 15.0 Å². The predicted octanol–water partition coefficient (Wildman–Crippen LogP) is 3.45.